The Bertz CT molecular complexity index is 684. The third kappa shape index (κ3) is 4.13. The molecule has 0 spiro atoms. The summed E-state index contributed by atoms with van der Waals surface area (Å²) in [6.45, 7) is 2.55. The molecule has 0 bridgehead atoms. The first-order valence-corrected chi connectivity index (χ1v) is 9.55. The number of nitrogens with zero attached hydrogens (tertiary/aromatic N) is 2. The Labute approximate surface area is 148 Å². The number of rotatable bonds is 3. The second-order valence-corrected chi connectivity index (χ2v) is 8.13. The molecular formula is C16H17ClN2O2S2. The van der Waals surface area contributed by atoms with Crippen molar-refractivity contribution in [3.8, 4) is 0 Å². The number of amides is 2. The van der Waals surface area contributed by atoms with E-state index in [1.54, 1.807) is 23.5 Å². The molecule has 3 heterocycles. The summed E-state index contributed by atoms with van der Waals surface area (Å²) in [5.41, 5.74) is 0. The highest BCUT2D eigenvalue weighted by atomic mass is 35.5. The zero-order chi connectivity index (χ0) is 16.2. The van der Waals surface area contributed by atoms with Gasteiger partial charge in [0, 0.05) is 31.1 Å². The van der Waals surface area contributed by atoms with E-state index in [0.29, 0.717) is 41.8 Å². The van der Waals surface area contributed by atoms with E-state index in [4.69, 9.17) is 11.6 Å². The van der Waals surface area contributed by atoms with E-state index in [1.807, 2.05) is 27.3 Å². The van der Waals surface area contributed by atoms with Crippen molar-refractivity contribution >= 4 is 46.1 Å². The topological polar surface area (TPSA) is 40.6 Å². The van der Waals surface area contributed by atoms with Gasteiger partial charge in [0.05, 0.1) is 15.6 Å². The monoisotopic (exact) mass is 368 g/mol. The van der Waals surface area contributed by atoms with Crippen molar-refractivity contribution in [1.82, 2.24) is 9.80 Å². The van der Waals surface area contributed by atoms with Gasteiger partial charge < -0.3 is 9.80 Å². The maximum absolute atomic E-state index is 12.5. The minimum absolute atomic E-state index is 0.00876. The van der Waals surface area contributed by atoms with E-state index in [-0.39, 0.29) is 11.8 Å². The van der Waals surface area contributed by atoms with Crippen LogP contribution in [0.15, 0.2) is 29.6 Å². The summed E-state index contributed by atoms with van der Waals surface area (Å²) >= 11 is 8.81. The highest BCUT2D eigenvalue weighted by Gasteiger charge is 2.23. The van der Waals surface area contributed by atoms with Crippen LogP contribution in [0, 0.1) is 0 Å². The van der Waals surface area contributed by atoms with Gasteiger partial charge in [0.2, 0.25) is 5.91 Å². The van der Waals surface area contributed by atoms with Gasteiger partial charge >= 0.3 is 0 Å². The average molecular weight is 369 g/mol. The molecule has 122 valence electrons. The Morgan fingerprint density at radius 1 is 1.09 bits per heavy atom. The molecule has 1 aliphatic rings. The SMILES string of the molecule is O=C(Cc1cccs1)N1CCCN(C(=O)c2ccc(Cl)s2)CC1. The Balaban J connectivity index is 1.58. The standard InChI is InChI=1S/C16H17ClN2O2S2/c17-14-5-4-13(23-14)16(21)19-7-2-6-18(8-9-19)15(20)11-12-3-1-10-22-12/h1,3-5,10H,2,6-9,11H2. The molecule has 0 unspecified atom stereocenters. The molecule has 23 heavy (non-hydrogen) atoms. The van der Waals surface area contributed by atoms with Crippen LogP contribution in [0.4, 0.5) is 0 Å². The molecule has 4 nitrogen and oxygen atoms in total. The van der Waals surface area contributed by atoms with Crippen LogP contribution >= 0.6 is 34.3 Å². The molecule has 0 atom stereocenters. The van der Waals surface area contributed by atoms with Crippen LogP contribution in [0.5, 0.6) is 0 Å². The second kappa shape index (κ2) is 7.47. The molecule has 2 aromatic heterocycles. The van der Waals surface area contributed by atoms with Crippen LogP contribution in [0.1, 0.15) is 21.0 Å². The van der Waals surface area contributed by atoms with Crippen molar-refractivity contribution in [2.45, 2.75) is 12.8 Å². The number of hydrogen-bond donors (Lipinski definition) is 0. The lowest BCUT2D eigenvalue weighted by atomic mass is 10.3. The maximum atomic E-state index is 12.5. The van der Waals surface area contributed by atoms with Gasteiger partial charge in [-0.25, -0.2) is 0 Å². The van der Waals surface area contributed by atoms with E-state index in [1.165, 1.54) is 11.3 Å². The first kappa shape index (κ1) is 16.5. The zero-order valence-corrected chi connectivity index (χ0v) is 14.9. The van der Waals surface area contributed by atoms with E-state index < -0.39 is 0 Å². The van der Waals surface area contributed by atoms with Gasteiger partial charge in [-0.3, -0.25) is 9.59 Å². The smallest absolute Gasteiger partial charge is 0.264 e. The Morgan fingerprint density at radius 2 is 1.87 bits per heavy atom. The van der Waals surface area contributed by atoms with Crippen molar-refractivity contribution in [3.05, 3.63) is 43.7 Å². The van der Waals surface area contributed by atoms with Crippen molar-refractivity contribution in [2.75, 3.05) is 26.2 Å². The fraction of sp³-hybridized carbons (Fsp3) is 0.375. The largest absolute Gasteiger partial charge is 0.341 e. The summed E-state index contributed by atoms with van der Waals surface area (Å²) in [7, 11) is 0. The minimum Gasteiger partial charge on any atom is -0.341 e. The summed E-state index contributed by atoms with van der Waals surface area (Å²) in [6, 6.07) is 7.45. The van der Waals surface area contributed by atoms with Crippen molar-refractivity contribution in [3.63, 3.8) is 0 Å². The molecule has 7 heteroatoms. The molecule has 1 aliphatic heterocycles. The summed E-state index contributed by atoms with van der Waals surface area (Å²) in [5.74, 6) is 0.148. The first-order valence-electron chi connectivity index (χ1n) is 7.48. The number of carbonyl (C=O) groups is 2. The molecule has 0 aromatic carbocycles. The van der Waals surface area contributed by atoms with Gasteiger partial charge in [-0.15, -0.1) is 22.7 Å². The highest BCUT2D eigenvalue weighted by Crippen LogP contribution is 2.23. The van der Waals surface area contributed by atoms with E-state index >= 15 is 0 Å². The van der Waals surface area contributed by atoms with Gasteiger partial charge in [0.15, 0.2) is 0 Å². The third-order valence-corrected chi connectivity index (χ3v) is 5.92. The average Bonchev–Trinajstić information content (AvgIpc) is 3.12. The molecule has 1 fully saturated rings. The Kier molecular flexibility index (Phi) is 5.35. The van der Waals surface area contributed by atoms with Gasteiger partial charge in [0.25, 0.3) is 5.91 Å². The maximum Gasteiger partial charge on any atom is 0.264 e. The molecule has 0 N–H and O–H groups in total. The lowest BCUT2D eigenvalue weighted by molar-refractivity contribution is -0.130. The lowest BCUT2D eigenvalue weighted by Crippen LogP contribution is -2.37. The highest BCUT2D eigenvalue weighted by molar-refractivity contribution is 7.18. The van der Waals surface area contributed by atoms with E-state index in [0.717, 1.165) is 11.3 Å². The summed E-state index contributed by atoms with van der Waals surface area (Å²) < 4.78 is 0.621. The number of halogens is 1. The van der Waals surface area contributed by atoms with Gasteiger partial charge in [-0.05, 0) is 30.0 Å². The number of hydrogen-bond acceptors (Lipinski definition) is 4. The van der Waals surface area contributed by atoms with Crippen molar-refractivity contribution < 1.29 is 9.59 Å². The Morgan fingerprint density at radius 3 is 2.57 bits per heavy atom. The van der Waals surface area contributed by atoms with Crippen LogP contribution in [0.2, 0.25) is 4.34 Å². The van der Waals surface area contributed by atoms with E-state index in [9.17, 15) is 9.59 Å². The third-order valence-electron chi connectivity index (χ3n) is 3.83. The molecule has 0 saturated carbocycles. The fourth-order valence-electron chi connectivity index (χ4n) is 2.63. The quantitative estimate of drug-likeness (QED) is 0.833. The fourth-order valence-corrected chi connectivity index (χ4v) is 4.34. The van der Waals surface area contributed by atoms with Crippen molar-refractivity contribution in [1.29, 1.82) is 0 Å². The molecule has 2 aromatic rings. The van der Waals surface area contributed by atoms with Crippen LogP contribution in [-0.2, 0) is 11.2 Å². The Hall–Kier alpha value is -1.37. The molecular weight excluding hydrogens is 352 g/mol. The van der Waals surface area contributed by atoms with Gasteiger partial charge in [0.1, 0.15) is 0 Å². The van der Waals surface area contributed by atoms with Gasteiger partial charge in [-0.2, -0.15) is 0 Å². The molecule has 3 rings (SSSR count). The normalized spacial score (nSPS) is 15.5. The first-order chi connectivity index (χ1) is 11.1. The predicted octanol–water partition coefficient (Wildman–Crippen LogP) is 3.38. The van der Waals surface area contributed by atoms with Crippen LogP contribution in [0.3, 0.4) is 0 Å². The zero-order valence-electron chi connectivity index (χ0n) is 12.5. The van der Waals surface area contributed by atoms with Crippen LogP contribution in [-0.4, -0.2) is 47.8 Å². The molecule has 0 aliphatic carbocycles. The predicted molar refractivity (Wildman–Crippen MR) is 94.5 cm³/mol. The van der Waals surface area contributed by atoms with Crippen LogP contribution < -0.4 is 0 Å². The molecule has 0 radical (unpaired) electrons. The number of carbonyl (C=O) groups excluding carboxylic acids is 2. The van der Waals surface area contributed by atoms with Crippen molar-refractivity contribution in [2.24, 2.45) is 0 Å². The minimum atomic E-state index is 0.00876. The van der Waals surface area contributed by atoms with E-state index in [2.05, 4.69) is 0 Å². The van der Waals surface area contributed by atoms with Crippen LogP contribution in [0.25, 0.3) is 0 Å². The van der Waals surface area contributed by atoms with Gasteiger partial charge in [-0.1, -0.05) is 17.7 Å². The summed E-state index contributed by atoms with van der Waals surface area (Å²) in [4.78, 5) is 30.3. The summed E-state index contributed by atoms with van der Waals surface area (Å²) in [6.07, 6.45) is 1.26. The second-order valence-electron chi connectivity index (χ2n) is 5.39. The lowest BCUT2D eigenvalue weighted by Gasteiger charge is -2.21. The summed E-state index contributed by atoms with van der Waals surface area (Å²) in [5, 5.41) is 1.98. The number of thiophene rings is 2. The molecule has 1 saturated heterocycles. The molecule has 2 amide bonds.